The molecule has 1 aromatic rings. The summed E-state index contributed by atoms with van der Waals surface area (Å²) in [7, 11) is 0. The Morgan fingerprint density at radius 2 is 1.83 bits per heavy atom. The van der Waals surface area contributed by atoms with Crippen LogP contribution in [0.2, 0.25) is 5.02 Å². The van der Waals surface area contributed by atoms with E-state index in [9.17, 15) is 22.4 Å². The van der Waals surface area contributed by atoms with E-state index >= 15 is 0 Å². The maximum atomic E-state index is 13.0. The van der Waals surface area contributed by atoms with Crippen LogP contribution in [0, 0.1) is 11.2 Å². The van der Waals surface area contributed by atoms with E-state index in [1.54, 1.807) is 20.8 Å². The van der Waals surface area contributed by atoms with Gasteiger partial charge in [0.05, 0.1) is 5.02 Å². The highest BCUT2D eigenvalue weighted by molar-refractivity contribution is 6.30. The molecule has 0 aliphatic carbocycles. The minimum atomic E-state index is -4.50. The number of hydrogen-bond acceptors (Lipinski definition) is 2. The Labute approximate surface area is 137 Å². The zero-order chi connectivity index (χ0) is 17.8. The molecule has 0 unspecified atom stereocenters. The molecule has 23 heavy (non-hydrogen) atoms. The van der Waals surface area contributed by atoms with Gasteiger partial charge >= 0.3 is 6.18 Å². The fourth-order valence-electron chi connectivity index (χ4n) is 1.82. The number of hydrogen-bond donors (Lipinski definition) is 0. The zero-order valence-corrected chi connectivity index (χ0v) is 13.8. The van der Waals surface area contributed by atoms with Crippen molar-refractivity contribution in [1.82, 2.24) is 4.90 Å². The van der Waals surface area contributed by atoms with Gasteiger partial charge in [-0.1, -0.05) is 32.4 Å². The molecule has 130 valence electrons. The molecule has 0 spiro atoms. The van der Waals surface area contributed by atoms with Gasteiger partial charge in [-0.3, -0.25) is 4.79 Å². The van der Waals surface area contributed by atoms with Crippen LogP contribution in [0.15, 0.2) is 18.2 Å². The van der Waals surface area contributed by atoms with Crippen molar-refractivity contribution in [3.05, 3.63) is 29.0 Å². The zero-order valence-electron chi connectivity index (χ0n) is 13.0. The predicted molar refractivity (Wildman–Crippen MR) is 79.0 cm³/mol. The number of alkyl halides is 3. The van der Waals surface area contributed by atoms with Crippen molar-refractivity contribution in [2.75, 3.05) is 19.7 Å². The Bertz CT molecular complexity index is 539. The number of carbonyl (C=O) groups is 1. The predicted octanol–water partition coefficient (Wildman–Crippen LogP) is 4.29. The third-order valence-corrected chi connectivity index (χ3v) is 2.93. The fourth-order valence-corrected chi connectivity index (χ4v) is 1.99. The lowest BCUT2D eigenvalue weighted by molar-refractivity contribution is -0.164. The fraction of sp³-hybridized carbons (Fsp3) is 0.533. The highest BCUT2D eigenvalue weighted by Gasteiger charge is 2.34. The summed E-state index contributed by atoms with van der Waals surface area (Å²) in [5, 5.41) is -0.197. The second kappa shape index (κ2) is 7.38. The van der Waals surface area contributed by atoms with Crippen LogP contribution in [0.1, 0.15) is 20.8 Å². The molecule has 1 aromatic carbocycles. The number of ether oxygens (including phenoxy) is 1. The molecule has 0 saturated carbocycles. The van der Waals surface area contributed by atoms with E-state index in [2.05, 4.69) is 0 Å². The van der Waals surface area contributed by atoms with Crippen LogP contribution in [0.25, 0.3) is 0 Å². The molecule has 0 saturated heterocycles. The summed E-state index contributed by atoms with van der Waals surface area (Å²) >= 11 is 5.57. The quantitative estimate of drug-likeness (QED) is 0.737. The molecule has 0 bridgehead atoms. The van der Waals surface area contributed by atoms with Crippen molar-refractivity contribution < 1.29 is 27.1 Å². The van der Waals surface area contributed by atoms with Crippen molar-refractivity contribution in [3.63, 3.8) is 0 Å². The summed E-state index contributed by atoms with van der Waals surface area (Å²) in [5.41, 5.74) is -0.500. The molecule has 0 N–H and O–H groups in total. The summed E-state index contributed by atoms with van der Waals surface area (Å²) in [4.78, 5) is 12.7. The van der Waals surface area contributed by atoms with E-state index in [0.717, 1.165) is 12.1 Å². The Balaban J connectivity index is 2.74. The van der Waals surface area contributed by atoms with E-state index in [4.69, 9.17) is 16.3 Å². The lowest BCUT2D eigenvalue weighted by Gasteiger charge is -2.30. The van der Waals surface area contributed by atoms with E-state index in [1.165, 1.54) is 6.07 Å². The number of amides is 1. The van der Waals surface area contributed by atoms with Crippen molar-refractivity contribution in [1.29, 1.82) is 0 Å². The summed E-state index contributed by atoms with van der Waals surface area (Å²) in [6.07, 6.45) is -4.50. The molecule has 0 atom stereocenters. The molecule has 0 radical (unpaired) electrons. The first-order valence-corrected chi connectivity index (χ1v) is 7.17. The van der Waals surface area contributed by atoms with Crippen LogP contribution < -0.4 is 4.74 Å². The highest BCUT2D eigenvalue weighted by Crippen LogP contribution is 2.23. The van der Waals surface area contributed by atoms with Gasteiger partial charge in [0.2, 0.25) is 0 Å². The summed E-state index contributed by atoms with van der Waals surface area (Å²) < 4.78 is 55.9. The molecule has 0 heterocycles. The number of carbonyl (C=O) groups excluding carboxylic acids is 1. The SMILES string of the molecule is CC(C)(C)CN(CC(F)(F)F)C(=O)COc1ccc(F)c(Cl)c1. The van der Waals surface area contributed by atoms with Crippen LogP contribution in [0.4, 0.5) is 17.6 Å². The molecule has 0 aromatic heterocycles. The first-order chi connectivity index (χ1) is 10.4. The molecule has 0 fully saturated rings. The second-order valence-corrected chi connectivity index (χ2v) is 6.70. The number of halogens is 5. The second-order valence-electron chi connectivity index (χ2n) is 6.29. The van der Waals surface area contributed by atoms with Crippen molar-refractivity contribution >= 4 is 17.5 Å². The number of nitrogens with zero attached hydrogens (tertiary/aromatic N) is 1. The van der Waals surface area contributed by atoms with Crippen LogP contribution >= 0.6 is 11.6 Å². The summed E-state index contributed by atoms with van der Waals surface area (Å²) in [6.45, 7) is 3.17. The molecule has 3 nitrogen and oxygen atoms in total. The molecule has 0 aliphatic rings. The molecule has 8 heteroatoms. The molecular formula is C15H18ClF4NO2. The smallest absolute Gasteiger partial charge is 0.406 e. The standard InChI is InChI=1S/C15H18ClF4NO2/c1-14(2,3)8-21(9-15(18,19)20)13(22)7-23-10-4-5-12(17)11(16)6-10/h4-6H,7-9H2,1-3H3. The largest absolute Gasteiger partial charge is 0.484 e. The maximum absolute atomic E-state index is 13.0. The van der Waals surface area contributed by atoms with Crippen molar-refractivity contribution in [2.24, 2.45) is 5.41 Å². The third-order valence-electron chi connectivity index (χ3n) is 2.64. The number of benzene rings is 1. The molecule has 1 rings (SSSR count). The molecular weight excluding hydrogens is 338 g/mol. The van der Waals surface area contributed by atoms with Crippen LogP contribution in [-0.2, 0) is 4.79 Å². The third kappa shape index (κ3) is 7.54. The first-order valence-electron chi connectivity index (χ1n) is 6.80. The minimum Gasteiger partial charge on any atom is -0.484 e. The van der Waals surface area contributed by atoms with Gasteiger partial charge in [0.25, 0.3) is 5.91 Å². The Morgan fingerprint density at radius 1 is 1.22 bits per heavy atom. The van der Waals surface area contributed by atoms with Gasteiger partial charge in [-0.2, -0.15) is 13.2 Å². The van der Waals surface area contributed by atoms with E-state index < -0.39 is 36.5 Å². The van der Waals surface area contributed by atoms with E-state index in [-0.39, 0.29) is 17.3 Å². The normalized spacial score (nSPS) is 12.2. The van der Waals surface area contributed by atoms with E-state index in [1.807, 2.05) is 0 Å². The average molecular weight is 356 g/mol. The summed E-state index contributed by atoms with van der Waals surface area (Å²) in [6, 6.07) is 3.44. The molecule has 1 amide bonds. The Kier molecular flexibility index (Phi) is 6.27. The molecule has 0 aliphatic heterocycles. The lowest BCUT2D eigenvalue weighted by atomic mass is 9.96. The maximum Gasteiger partial charge on any atom is 0.406 e. The van der Waals surface area contributed by atoms with Crippen LogP contribution in [0.5, 0.6) is 5.75 Å². The average Bonchev–Trinajstić information content (AvgIpc) is 2.35. The highest BCUT2D eigenvalue weighted by atomic mass is 35.5. The monoisotopic (exact) mass is 355 g/mol. The van der Waals surface area contributed by atoms with Crippen molar-refractivity contribution in [2.45, 2.75) is 26.9 Å². The first kappa shape index (κ1) is 19.5. The van der Waals surface area contributed by atoms with Gasteiger partial charge in [-0.25, -0.2) is 4.39 Å². The van der Waals surface area contributed by atoms with Crippen LogP contribution in [0.3, 0.4) is 0 Å². The number of rotatable bonds is 5. The lowest BCUT2D eigenvalue weighted by Crippen LogP contribution is -2.45. The van der Waals surface area contributed by atoms with Gasteiger partial charge in [0.15, 0.2) is 6.61 Å². The van der Waals surface area contributed by atoms with Gasteiger partial charge in [-0.05, 0) is 17.5 Å². The van der Waals surface area contributed by atoms with Gasteiger partial charge in [0, 0.05) is 12.6 Å². The van der Waals surface area contributed by atoms with E-state index in [0.29, 0.717) is 4.90 Å². The summed E-state index contributed by atoms with van der Waals surface area (Å²) in [5.74, 6) is -1.36. The topological polar surface area (TPSA) is 29.5 Å². The van der Waals surface area contributed by atoms with Crippen LogP contribution in [-0.4, -0.2) is 36.7 Å². The van der Waals surface area contributed by atoms with Crippen molar-refractivity contribution in [3.8, 4) is 5.75 Å². The Morgan fingerprint density at radius 3 is 2.30 bits per heavy atom. The minimum absolute atomic E-state index is 0.0706. The van der Waals surface area contributed by atoms with Gasteiger partial charge < -0.3 is 9.64 Å². The van der Waals surface area contributed by atoms with Gasteiger partial charge in [-0.15, -0.1) is 0 Å². The van der Waals surface area contributed by atoms with Gasteiger partial charge in [0.1, 0.15) is 18.1 Å². The Hall–Kier alpha value is -1.50.